The van der Waals surface area contributed by atoms with Crippen molar-refractivity contribution in [1.82, 2.24) is 19.5 Å². The van der Waals surface area contributed by atoms with Crippen LogP contribution >= 0.6 is 0 Å². The summed E-state index contributed by atoms with van der Waals surface area (Å²) in [5, 5.41) is 7.91. The number of amides is 1. The molecule has 9 heteroatoms. The van der Waals surface area contributed by atoms with Gasteiger partial charge >= 0.3 is 0 Å². The molecule has 28 heavy (non-hydrogen) atoms. The predicted molar refractivity (Wildman–Crippen MR) is 108 cm³/mol. The van der Waals surface area contributed by atoms with Gasteiger partial charge in [0.15, 0.2) is 5.65 Å². The van der Waals surface area contributed by atoms with Crippen molar-refractivity contribution in [3.05, 3.63) is 48.3 Å². The Bertz CT molecular complexity index is 1100. The SMILES string of the molecule is CC(C)NS(=O)(=O)c1ccc(C(=O)Nc2cnc3c(cnn3C(C)C)c2)cc1. The molecule has 1 amide bonds. The number of nitrogens with one attached hydrogen (secondary N) is 2. The highest BCUT2D eigenvalue weighted by atomic mass is 32.2. The summed E-state index contributed by atoms with van der Waals surface area (Å²) in [5.74, 6) is -0.349. The predicted octanol–water partition coefficient (Wildman–Crippen LogP) is 2.95. The first-order valence-corrected chi connectivity index (χ1v) is 10.4. The molecule has 0 unspecified atom stereocenters. The van der Waals surface area contributed by atoms with E-state index >= 15 is 0 Å². The fourth-order valence-electron chi connectivity index (χ4n) is 2.75. The van der Waals surface area contributed by atoms with E-state index in [1.165, 1.54) is 24.3 Å². The number of carbonyl (C=O) groups is 1. The van der Waals surface area contributed by atoms with Gasteiger partial charge in [-0.25, -0.2) is 22.8 Å². The van der Waals surface area contributed by atoms with Crippen molar-refractivity contribution in [2.24, 2.45) is 0 Å². The maximum absolute atomic E-state index is 12.5. The highest BCUT2D eigenvalue weighted by molar-refractivity contribution is 7.89. The molecule has 0 atom stereocenters. The molecule has 0 bridgehead atoms. The van der Waals surface area contributed by atoms with Gasteiger partial charge in [-0.2, -0.15) is 5.10 Å². The Morgan fingerprint density at radius 3 is 2.36 bits per heavy atom. The zero-order chi connectivity index (χ0) is 20.5. The van der Waals surface area contributed by atoms with E-state index in [0.717, 1.165) is 11.0 Å². The van der Waals surface area contributed by atoms with E-state index in [9.17, 15) is 13.2 Å². The molecule has 0 aliphatic carbocycles. The Hall–Kier alpha value is -2.78. The second-order valence-electron chi connectivity index (χ2n) is 7.07. The van der Waals surface area contributed by atoms with E-state index in [1.54, 1.807) is 32.3 Å². The van der Waals surface area contributed by atoms with Crippen LogP contribution < -0.4 is 10.0 Å². The lowest BCUT2D eigenvalue weighted by Crippen LogP contribution is -2.30. The molecule has 0 fully saturated rings. The third kappa shape index (κ3) is 4.20. The molecule has 8 nitrogen and oxygen atoms in total. The van der Waals surface area contributed by atoms with Gasteiger partial charge in [-0.05, 0) is 58.0 Å². The summed E-state index contributed by atoms with van der Waals surface area (Å²) in [6.07, 6.45) is 3.28. The third-order valence-corrected chi connectivity index (χ3v) is 5.67. The number of benzene rings is 1. The summed E-state index contributed by atoms with van der Waals surface area (Å²) in [6.45, 7) is 7.53. The van der Waals surface area contributed by atoms with Crippen molar-refractivity contribution >= 4 is 32.7 Å². The number of carbonyl (C=O) groups excluding carboxylic acids is 1. The first-order valence-electron chi connectivity index (χ1n) is 8.94. The molecule has 148 valence electrons. The standard InChI is InChI=1S/C19H23N5O3S/c1-12(2)23-28(26,27)17-7-5-14(6-8-17)19(25)22-16-9-15-10-21-24(13(3)4)18(15)20-11-16/h5-13,23H,1-4H3,(H,22,25). The molecule has 3 rings (SSSR count). The summed E-state index contributed by atoms with van der Waals surface area (Å²) >= 11 is 0. The smallest absolute Gasteiger partial charge is 0.255 e. The molecule has 0 radical (unpaired) electrons. The van der Waals surface area contributed by atoms with Gasteiger partial charge in [0.05, 0.1) is 23.0 Å². The number of rotatable bonds is 6. The van der Waals surface area contributed by atoms with Crippen LogP contribution in [0.3, 0.4) is 0 Å². The quantitative estimate of drug-likeness (QED) is 0.660. The number of fused-ring (bicyclic) bond motifs is 1. The fourth-order valence-corrected chi connectivity index (χ4v) is 4.00. The molecule has 0 saturated heterocycles. The Kier molecular flexibility index (Phi) is 5.48. The molecular formula is C19H23N5O3S. The van der Waals surface area contributed by atoms with E-state index in [-0.39, 0.29) is 22.9 Å². The van der Waals surface area contributed by atoms with Crippen molar-refractivity contribution in [1.29, 1.82) is 0 Å². The molecule has 2 N–H and O–H groups in total. The summed E-state index contributed by atoms with van der Waals surface area (Å²) in [7, 11) is -3.59. The summed E-state index contributed by atoms with van der Waals surface area (Å²) in [5.41, 5.74) is 1.64. The van der Waals surface area contributed by atoms with Crippen molar-refractivity contribution in [3.8, 4) is 0 Å². The van der Waals surface area contributed by atoms with Crippen LogP contribution in [0.5, 0.6) is 0 Å². The van der Waals surface area contributed by atoms with Crippen molar-refractivity contribution in [2.45, 2.75) is 44.7 Å². The van der Waals surface area contributed by atoms with Crippen LogP contribution in [-0.2, 0) is 10.0 Å². The Morgan fingerprint density at radius 2 is 1.75 bits per heavy atom. The summed E-state index contributed by atoms with van der Waals surface area (Å²) in [6, 6.07) is 7.56. The van der Waals surface area contributed by atoms with Crippen LogP contribution in [0.4, 0.5) is 5.69 Å². The number of anilines is 1. The van der Waals surface area contributed by atoms with Gasteiger partial charge in [0, 0.05) is 23.0 Å². The average Bonchev–Trinajstić information content (AvgIpc) is 3.04. The van der Waals surface area contributed by atoms with E-state index in [0.29, 0.717) is 11.3 Å². The first kappa shape index (κ1) is 20.0. The summed E-state index contributed by atoms with van der Waals surface area (Å²) < 4.78 is 28.6. The van der Waals surface area contributed by atoms with Crippen LogP contribution in [-0.4, -0.2) is 35.1 Å². The monoisotopic (exact) mass is 401 g/mol. The van der Waals surface area contributed by atoms with Gasteiger partial charge in [0.1, 0.15) is 0 Å². The second-order valence-corrected chi connectivity index (χ2v) is 8.79. The van der Waals surface area contributed by atoms with Crippen LogP contribution in [0, 0.1) is 0 Å². The number of sulfonamides is 1. The zero-order valence-electron chi connectivity index (χ0n) is 16.2. The van der Waals surface area contributed by atoms with Crippen molar-refractivity contribution in [2.75, 3.05) is 5.32 Å². The minimum atomic E-state index is -3.59. The zero-order valence-corrected chi connectivity index (χ0v) is 17.0. The Labute approximate surface area is 164 Å². The van der Waals surface area contributed by atoms with Gasteiger partial charge in [0.2, 0.25) is 10.0 Å². The van der Waals surface area contributed by atoms with Gasteiger partial charge in [-0.15, -0.1) is 0 Å². The first-order chi connectivity index (χ1) is 13.2. The Balaban J connectivity index is 1.77. The number of pyridine rings is 1. The lowest BCUT2D eigenvalue weighted by Gasteiger charge is -2.10. The van der Waals surface area contributed by atoms with E-state index in [4.69, 9.17) is 0 Å². The van der Waals surface area contributed by atoms with Crippen molar-refractivity contribution in [3.63, 3.8) is 0 Å². The molecule has 0 spiro atoms. The topological polar surface area (TPSA) is 106 Å². The number of hydrogen-bond donors (Lipinski definition) is 2. The van der Waals surface area contributed by atoms with Crippen molar-refractivity contribution < 1.29 is 13.2 Å². The van der Waals surface area contributed by atoms with Crippen LogP contribution in [0.1, 0.15) is 44.1 Å². The highest BCUT2D eigenvalue weighted by Crippen LogP contribution is 2.20. The maximum atomic E-state index is 12.5. The van der Waals surface area contributed by atoms with Gasteiger partial charge in [-0.1, -0.05) is 0 Å². The summed E-state index contributed by atoms with van der Waals surface area (Å²) in [4.78, 5) is 17.0. The van der Waals surface area contributed by atoms with E-state index in [1.807, 2.05) is 18.5 Å². The molecule has 2 aromatic heterocycles. The lowest BCUT2D eigenvalue weighted by molar-refractivity contribution is 0.102. The highest BCUT2D eigenvalue weighted by Gasteiger charge is 2.16. The second kappa shape index (κ2) is 7.69. The maximum Gasteiger partial charge on any atom is 0.255 e. The molecule has 0 saturated carbocycles. The minimum Gasteiger partial charge on any atom is -0.321 e. The van der Waals surface area contributed by atoms with Crippen LogP contribution in [0.15, 0.2) is 47.6 Å². The minimum absolute atomic E-state index is 0.113. The average molecular weight is 401 g/mol. The molecule has 0 aliphatic heterocycles. The normalized spacial score (nSPS) is 12.1. The molecule has 2 heterocycles. The number of hydrogen-bond acceptors (Lipinski definition) is 5. The molecular weight excluding hydrogens is 378 g/mol. The molecule has 0 aliphatic rings. The number of aromatic nitrogens is 3. The van der Waals surface area contributed by atoms with Crippen LogP contribution in [0.25, 0.3) is 11.0 Å². The van der Waals surface area contributed by atoms with Gasteiger partial charge in [0.25, 0.3) is 5.91 Å². The van der Waals surface area contributed by atoms with Crippen LogP contribution in [0.2, 0.25) is 0 Å². The largest absolute Gasteiger partial charge is 0.321 e. The van der Waals surface area contributed by atoms with Gasteiger partial charge in [-0.3, -0.25) is 4.79 Å². The number of nitrogens with zero attached hydrogens (tertiary/aromatic N) is 3. The van der Waals surface area contributed by atoms with E-state index in [2.05, 4.69) is 20.1 Å². The van der Waals surface area contributed by atoms with E-state index < -0.39 is 10.0 Å². The lowest BCUT2D eigenvalue weighted by atomic mass is 10.2. The third-order valence-electron chi connectivity index (χ3n) is 4.00. The molecule has 1 aromatic carbocycles. The van der Waals surface area contributed by atoms with Gasteiger partial charge < -0.3 is 5.32 Å². The fraction of sp³-hybridized carbons (Fsp3) is 0.316. The molecule has 3 aromatic rings. The Morgan fingerprint density at radius 1 is 1.07 bits per heavy atom.